The van der Waals surface area contributed by atoms with Crippen LogP contribution < -0.4 is 46.6 Å². The SMILES string of the molecule is O=P1(c2nc(P3(=O)c4ccccc4-c4ccccc4N3c3ccccc3)nc(P3(=O)c4ccccc4-c4ccccc4N3c3ccccc3)n2)c2ccccc2-c2ccccc2N1c1ccccc1. The summed E-state index contributed by atoms with van der Waals surface area (Å²) in [5, 5.41) is 1.45. The van der Waals surface area contributed by atoms with Gasteiger partial charge < -0.3 is 0 Å². The summed E-state index contributed by atoms with van der Waals surface area (Å²) in [6.07, 6.45) is 0. The zero-order valence-electron chi connectivity index (χ0n) is 36.8. The van der Waals surface area contributed by atoms with Gasteiger partial charge in [0.2, 0.25) is 16.7 Å². The van der Waals surface area contributed by atoms with Crippen molar-refractivity contribution in [1.29, 1.82) is 0 Å². The minimum absolute atomic E-state index is 0.146. The summed E-state index contributed by atoms with van der Waals surface area (Å²) in [5.74, 6) is 0. The number of hydrogen-bond acceptors (Lipinski definition) is 6. The van der Waals surface area contributed by atoms with Crippen LogP contribution in [0, 0.1) is 0 Å². The molecule has 1 aromatic heterocycles. The molecule has 3 aliphatic heterocycles. The summed E-state index contributed by atoms with van der Waals surface area (Å²) < 4.78 is 58.3. The molecule has 0 bridgehead atoms. The van der Waals surface area contributed by atoms with Gasteiger partial charge in [0.1, 0.15) is 0 Å². The van der Waals surface area contributed by atoms with E-state index >= 15 is 13.7 Å². The summed E-state index contributed by atoms with van der Waals surface area (Å²) in [6, 6.07) is 75.2. The van der Waals surface area contributed by atoms with Gasteiger partial charge >= 0.3 is 0 Å². The number of benzene rings is 9. The minimum Gasteiger partial charge on any atom is -0.286 e. The molecule has 4 heterocycles. The second-order valence-corrected chi connectivity index (χ2v) is 24.3. The van der Waals surface area contributed by atoms with Crippen LogP contribution in [0.1, 0.15) is 0 Å². The van der Waals surface area contributed by atoms with Crippen LogP contribution in [0.2, 0.25) is 0 Å². The van der Waals surface area contributed by atoms with Gasteiger partial charge in [-0.3, -0.25) is 27.7 Å². The standard InChI is InChI=1S/C57H39N6O3P3/c64-67(52-37-19-13-31-46(52)43-28-10-16-34-49(43)61(67)40-22-4-1-5-23-40)55-58-56(68(65)53-38-20-14-32-47(53)44-29-11-17-35-50(44)62(68)41-24-6-2-7-25-41)60-57(59-55)69(66)54-39-21-15-33-48(54)45-30-12-18-36-51(45)63(69)42-26-8-3-9-27-42/h1-39H. The van der Waals surface area contributed by atoms with Crippen LogP contribution in [0.4, 0.5) is 34.1 Å². The topological polar surface area (TPSA) is 99.6 Å². The van der Waals surface area contributed by atoms with Crippen LogP contribution in [0.25, 0.3) is 33.4 Å². The molecule has 0 saturated heterocycles. The van der Waals surface area contributed by atoms with Gasteiger partial charge in [0, 0.05) is 49.7 Å². The number of nitrogens with zero attached hydrogens (tertiary/aromatic N) is 6. The van der Waals surface area contributed by atoms with Crippen LogP contribution in [0.5, 0.6) is 0 Å². The summed E-state index contributed by atoms with van der Waals surface area (Å²) in [7, 11) is -13.0. The fraction of sp³-hybridized carbons (Fsp3) is 0. The number of aromatic nitrogens is 3. The second kappa shape index (κ2) is 15.8. The highest BCUT2D eigenvalue weighted by Crippen LogP contribution is 2.65. The normalized spacial score (nSPS) is 19.6. The molecule has 330 valence electrons. The highest BCUT2D eigenvalue weighted by atomic mass is 31.2. The first kappa shape index (κ1) is 41.3. The Labute approximate surface area is 399 Å². The Morgan fingerprint density at radius 3 is 0.739 bits per heavy atom. The van der Waals surface area contributed by atoms with Crippen LogP contribution in [0.3, 0.4) is 0 Å². The monoisotopic (exact) mass is 948 g/mol. The number of fused-ring (bicyclic) bond motifs is 9. The lowest BCUT2D eigenvalue weighted by atomic mass is 10.0. The lowest BCUT2D eigenvalue weighted by Crippen LogP contribution is -2.48. The van der Waals surface area contributed by atoms with Gasteiger partial charge in [-0.1, -0.05) is 164 Å². The summed E-state index contributed by atoms with van der Waals surface area (Å²) >= 11 is 0. The van der Waals surface area contributed by atoms with E-state index in [1.165, 1.54) is 0 Å². The Hall–Kier alpha value is -7.92. The zero-order valence-corrected chi connectivity index (χ0v) is 39.4. The van der Waals surface area contributed by atoms with E-state index in [4.69, 9.17) is 15.0 Å². The Morgan fingerprint density at radius 1 is 0.246 bits per heavy atom. The molecule has 12 heteroatoms. The van der Waals surface area contributed by atoms with E-state index < -0.39 is 21.9 Å². The number of para-hydroxylation sites is 6. The molecule has 3 atom stereocenters. The van der Waals surface area contributed by atoms with Crippen molar-refractivity contribution in [3.05, 3.63) is 237 Å². The van der Waals surface area contributed by atoms with Crippen LogP contribution >= 0.6 is 21.9 Å². The maximum atomic E-state index is 17.6. The molecule has 0 aliphatic carbocycles. The van der Waals surface area contributed by atoms with E-state index in [9.17, 15) is 0 Å². The second-order valence-electron chi connectivity index (χ2n) is 17.0. The lowest BCUT2D eigenvalue weighted by Gasteiger charge is -2.42. The minimum atomic E-state index is -4.33. The van der Waals surface area contributed by atoms with E-state index in [0.29, 0.717) is 50.0 Å². The Balaban J connectivity index is 1.20. The van der Waals surface area contributed by atoms with Gasteiger partial charge in [-0.2, -0.15) is 15.0 Å². The summed E-state index contributed by atoms with van der Waals surface area (Å²) in [4.78, 5) is 16.1. The van der Waals surface area contributed by atoms with E-state index in [2.05, 4.69) is 0 Å². The molecule has 69 heavy (non-hydrogen) atoms. The third kappa shape index (κ3) is 5.98. The Kier molecular flexibility index (Phi) is 9.47. The molecule has 0 saturated carbocycles. The molecular formula is C57H39N6O3P3. The van der Waals surface area contributed by atoms with E-state index in [1.807, 2.05) is 251 Å². The Bertz CT molecular complexity index is 3430. The Morgan fingerprint density at radius 2 is 0.464 bits per heavy atom. The van der Waals surface area contributed by atoms with Crippen molar-refractivity contribution in [1.82, 2.24) is 15.0 Å². The number of rotatable bonds is 6. The first-order valence-corrected chi connectivity index (χ1v) is 27.6. The maximum Gasteiger partial charge on any atom is 0.270 e. The zero-order chi connectivity index (χ0) is 46.3. The predicted octanol–water partition coefficient (Wildman–Crippen LogP) is 12.0. The smallest absolute Gasteiger partial charge is 0.270 e. The van der Waals surface area contributed by atoms with Gasteiger partial charge in [-0.25, -0.2) is 0 Å². The predicted molar refractivity (Wildman–Crippen MR) is 282 cm³/mol. The molecule has 9 nitrogen and oxygen atoms in total. The molecule has 3 unspecified atom stereocenters. The van der Waals surface area contributed by atoms with Crippen molar-refractivity contribution >= 4 is 88.6 Å². The van der Waals surface area contributed by atoms with Crippen molar-refractivity contribution in [2.75, 3.05) is 14.0 Å². The molecule has 0 radical (unpaired) electrons. The quantitative estimate of drug-likeness (QED) is 0.151. The number of anilines is 6. The molecule has 10 aromatic rings. The molecular weight excluding hydrogens is 910 g/mol. The molecule has 0 fully saturated rings. The highest BCUT2D eigenvalue weighted by Gasteiger charge is 2.53. The van der Waals surface area contributed by atoms with E-state index in [-0.39, 0.29) is 16.7 Å². The van der Waals surface area contributed by atoms with Crippen molar-refractivity contribution in [3.8, 4) is 33.4 Å². The molecule has 0 spiro atoms. The fourth-order valence-corrected chi connectivity index (χ4v) is 19.0. The maximum absolute atomic E-state index is 17.6. The van der Waals surface area contributed by atoms with Gasteiger partial charge in [-0.05, 0) is 89.5 Å². The van der Waals surface area contributed by atoms with Crippen LogP contribution in [-0.4, -0.2) is 15.0 Å². The average Bonchev–Trinajstić information content (AvgIpc) is 3.42. The first-order chi connectivity index (χ1) is 33.9. The van der Waals surface area contributed by atoms with E-state index in [1.54, 1.807) is 0 Å². The fourth-order valence-electron chi connectivity index (χ4n) is 10.3. The summed E-state index contributed by atoms with van der Waals surface area (Å²) in [5.41, 5.74) is 8.37. The van der Waals surface area contributed by atoms with Crippen LogP contribution in [-0.2, 0) is 13.7 Å². The first-order valence-electron chi connectivity index (χ1n) is 22.6. The third-order valence-electron chi connectivity index (χ3n) is 13.2. The van der Waals surface area contributed by atoms with E-state index in [0.717, 1.165) is 33.4 Å². The van der Waals surface area contributed by atoms with Crippen LogP contribution in [0.15, 0.2) is 237 Å². The molecule has 9 aromatic carbocycles. The average molecular weight is 949 g/mol. The van der Waals surface area contributed by atoms with Gasteiger partial charge in [0.15, 0.2) is 0 Å². The molecule has 0 amide bonds. The largest absolute Gasteiger partial charge is 0.286 e. The molecule has 0 N–H and O–H groups in total. The highest BCUT2D eigenvalue weighted by molar-refractivity contribution is 7.83. The third-order valence-corrected chi connectivity index (χ3v) is 21.6. The van der Waals surface area contributed by atoms with Crippen molar-refractivity contribution in [2.45, 2.75) is 0 Å². The number of hydrogen-bond donors (Lipinski definition) is 0. The molecule has 13 rings (SSSR count). The summed E-state index contributed by atoms with van der Waals surface area (Å²) in [6.45, 7) is 0. The van der Waals surface area contributed by atoms with Gasteiger partial charge in [-0.15, -0.1) is 0 Å². The van der Waals surface area contributed by atoms with Crippen molar-refractivity contribution in [3.63, 3.8) is 0 Å². The van der Waals surface area contributed by atoms with Gasteiger partial charge in [0.25, 0.3) is 21.9 Å². The van der Waals surface area contributed by atoms with Gasteiger partial charge in [0.05, 0.1) is 17.1 Å². The van der Waals surface area contributed by atoms with Crippen molar-refractivity contribution < 1.29 is 13.7 Å². The van der Waals surface area contributed by atoms with Crippen molar-refractivity contribution in [2.24, 2.45) is 0 Å². The molecule has 3 aliphatic rings. The lowest BCUT2D eigenvalue weighted by molar-refractivity contribution is 0.584.